The Balaban J connectivity index is 3.40. The lowest BCUT2D eigenvalue weighted by molar-refractivity contribution is -0.0266. The van der Waals surface area contributed by atoms with Crippen molar-refractivity contribution in [3.63, 3.8) is 0 Å². The predicted molar refractivity (Wildman–Crippen MR) is 57.4 cm³/mol. The summed E-state index contributed by atoms with van der Waals surface area (Å²) in [6.07, 6.45) is 0. The van der Waals surface area contributed by atoms with E-state index in [9.17, 15) is 4.39 Å². The number of rotatable bonds is 2. The Bertz CT molecular complexity index is 357. The van der Waals surface area contributed by atoms with Crippen molar-refractivity contribution in [2.24, 2.45) is 5.90 Å². The van der Waals surface area contributed by atoms with Crippen molar-refractivity contribution in [3.05, 3.63) is 33.0 Å². The first-order valence-electron chi connectivity index (χ1n) is 3.92. The number of hydrogen-bond acceptors (Lipinski definition) is 2. The second-order valence-electron chi connectivity index (χ2n) is 3.35. The van der Waals surface area contributed by atoms with Gasteiger partial charge < -0.3 is 0 Å². The average molecular weight is 283 g/mol. The van der Waals surface area contributed by atoms with Crippen LogP contribution in [0.3, 0.4) is 0 Å². The highest BCUT2D eigenvalue weighted by Crippen LogP contribution is 2.35. The van der Waals surface area contributed by atoms with Gasteiger partial charge in [-0.15, -0.1) is 0 Å². The lowest BCUT2D eigenvalue weighted by Crippen LogP contribution is -2.27. The van der Waals surface area contributed by atoms with Gasteiger partial charge in [-0.25, -0.2) is 10.3 Å². The van der Waals surface area contributed by atoms with Crippen molar-refractivity contribution < 1.29 is 9.23 Å². The SMILES string of the molecule is CC(C)(ON)c1c(Br)ccc(Cl)c1F. The normalized spacial score (nSPS) is 11.9. The van der Waals surface area contributed by atoms with E-state index in [4.69, 9.17) is 22.3 Å². The van der Waals surface area contributed by atoms with Crippen LogP contribution in [-0.4, -0.2) is 0 Å². The van der Waals surface area contributed by atoms with E-state index in [0.29, 0.717) is 10.0 Å². The molecule has 0 saturated heterocycles. The van der Waals surface area contributed by atoms with Gasteiger partial charge in [0.1, 0.15) is 11.4 Å². The molecule has 14 heavy (non-hydrogen) atoms. The lowest BCUT2D eigenvalue weighted by Gasteiger charge is -2.24. The van der Waals surface area contributed by atoms with Crippen LogP contribution in [0.5, 0.6) is 0 Å². The minimum Gasteiger partial charge on any atom is -0.294 e. The van der Waals surface area contributed by atoms with E-state index >= 15 is 0 Å². The van der Waals surface area contributed by atoms with Crippen molar-refractivity contribution in [1.82, 2.24) is 0 Å². The zero-order chi connectivity index (χ0) is 10.9. The van der Waals surface area contributed by atoms with Gasteiger partial charge in [0.15, 0.2) is 0 Å². The quantitative estimate of drug-likeness (QED) is 0.667. The minimum absolute atomic E-state index is 0.0494. The minimum atomic E-state index is -0.923. The van der Waals surface area contributed by atoms with Crippen LogP contribution in [0.4, 0.5) is 4.39 Å². The largest absolute Gasteiger partial charge is 0.294 e. The number of benzene rings is 1. The van der Waals surface area contributed by atoms with Crippen LogP contribution in [0.1, 0.15) is 19.4 Å². The van der Waals surface area contributed by atoms with Crippen LogP contribution >= 0.6 is 27.5 Å². The molecule has 1 rings (SSSR count). The topological polar surface area (TPSA) is 35.2 Å². The van der Waals surface area contributed by atoms with Crippen LogP contribution in [-0.2, 0) is 10.4 Å². The fourth-order valence-corrected chi connectivity index (χ4v) is 2.08. The number of hydrogen-bond donors (Lipinski definition) is 1. The summed E-state index contributed by atoms with van der Waals surface area (Å²) in [6, 6.07) is 3.12. The molecule has 0 aliphatic rings. The molecule has 0 spiro atoms. The summed E-state index contributed by atoms with van der Waals surface area (Å²) in [5.41, 5.74) is -0.610. The van der Waals surface area contributed by atoms with Gasteiger partial charge in [-0.3, -0.25) is 4.84 Å². The second-order valence-corrected chi connectivity index (χ2v) is 4.61. The molecule has 0 aliphatic heterocycles. The molecule has 0 radical (unpaired) electrons. The maximum Gasteiger partial charge on any atom is 0.149 e. The summed E-state index contributed by atoms with van der Waals surface area (Å²) >= 11 is 8.88. The maximum absolute atomic E-state index is 13.6. The predicted octanol–water partition coefficient (Wildman–Crippen LogP) is 3.37. The van der Waals surface area contributed by atoms with Gasteiger partial charge in [-0.2, -0.15) is 0 Å². The molecule has 0 atom stereocenters. The maximum atomic E-state index is 13.6. The van der Waals surface area contributed by atoms with Crippen LogP contribution in [0.25, 0.3) is 0 Å². The van der Waals surface area contributed by atoms with Crippen molar-refractivity contribution in [3.8, 4) is 0 Å². The number of halogens is 3. The molecule has 0 saturated carbocycles. The van der Waals surface area contributed by atoms with Gasteiger partial charge >= 0.3 is 0 Å². The van der Waals surface area contributed by atoms with E-state index in [1.807, 2.05) is 0 Å². The van der Waals surface area contributed by atoms with Crippen LogP contribution < -0.4 is 5.90 Å². The highest BCUT2D eigenvalue weighted by molar-refractivity contribution is 9.10. The third-order valence-electron chi connectivity index (χ3n) is 1.94. The Labute approximate surface area is 95.3 Å². The first kappa shape index (κ1) is 11.9. The highest BCUT2D eigenvalue weighted by Gasteiger charge is 2.28. The van der Waals surface area contributed by atoms with E-state index in [2.05, 4.69) is 15.9 Å². The third-order valence-corrected chi connectivity index (χ3v) is 2.89. The zero-order valence-electron chi connectivity index (χ0n) is 7.77. The van der Waals surface area contributed by atoms with E-state index in [1.165, 1.54) is 6.07 Å². The van der Waals surface area contributed by atoms with Gasteiger partial charge in [-0.1, -0.05) is 27.5 Å². The van der Waals surface area contributed by atoms with E-state index in [-0.39, 0.29) is 5.02 Å². The number of nitrogens with two attached hydrogens (primary N) is 1. The van der Waals surface area contributed by atoms with E-state index in [1.54, 1.807) is 19.9 Å². The summed E-state index contributed by atoms with van der Waals surface area (Å²) in [6.45, 7) is 3.32. The van der Waals surface area contributed by atoms with Crippen molar-refractivity contribution >= 4 is 27.5 Å². The van der Waals surface area contributed by atoms with Crippen molar-refractivity contribution in [2.45, 2.75) is 19.4 Å². The molecule has 1 aromatic carbocycles. The molecule has 78 valence electrons. The summed E-state index contributed by atoms with van der Waals surface area (Å²) in [7, 11) is 0. The summed E-state index contributed by atoms with van der Waals surface area (Å²) < 4.78 is 14.2. The molecule has 0 aliphatic carbocycles. The Kier molecular flexibility index (Phi) is 3.53. The molecule has 1 aromatic rings. The first-order chi connectivity index (χ1) is 6.40. The lowest BCUT2D eigenvalue weighted by atomic mass is 9.98. The Morgan fingerprint density at radius 1 is 1.50 bits per heavy atom. The van der Waals surface area contributed by atoms with Crippen molar-refractivity contribution in [1.29, 1.82) is 0 Å². The molecular formula is C9H10BrClFNO. The fraction of sp³-hybridized carbons (Fsp3) is 0.333. The Hall–Kier alpha value is -0.160. The van der Waals surface area contributed by atoms with Gasteiger partial charge in [-0.05, 0) is 26.0 Å². The monoisotopic (exact) mass is 281 g/mol. The molecule has 0 bridgehead atoms. The van der Waals surface area contributed by atoms with Gasteiger partial charge in [0.05, 0.1) is 5.02 Å². The summed E-state index contributed by atoms with van der Waals surface area (Å²) in [5, 5.41) is 0.0494. The molecule has 5 heteroatoms. The molecule has 0 aromatic heterocycles. The van der Waals surface area contributed by atoms with Crippen LogP contribution in [0, 0.1) is 5.82 Å². The average Bonchev–Trinajstić information content (AvgIpc) is 2.12. The molecule has 0 amide bonds. The van der Waals surface area contributed by atoms with E-state index in [0.717, 1.165) is 0 Å². The molecule has 0 unspecified atom stereocenters. The molecular weight excluding hydrogens is 272 g/mol. The van der Waals surface area contributed by atoms with Gasteiger partial charge in [0, 0.05) is 10.0 Å². The smallest absolute Gasteiger partial charge is 0.149 e. The Morgan fingerprint density at radius 2 is 2.07 bits per heavy atom. The van der Waals surface area contributed by atoms with Crippen LogP contribution in [0.2, 0.25) is 5.02 Å². The third kappa shape index (κ3) is 2.08. The summed E-state index contributed by atoms with van der Waals surface area (Å²) in [5.74, 6) is 4.58. The van der Waals surface area contributed by atoms with Gasteiger partial charge in [0.25, 0.3) is 0 Å². The Morgan fingerprint density at radius 3 is 2.57 bits per heavy atom. The van der Waals surface area contributed by atoms with E-state index < -0.39 is 11.4 Å². The summed E-state index contributed by atoms with van der Waals surface area (Å²) in [4.78, 5) is 4.71. The van der Waals surface area contributed by atoms with Crippen LogP contribution in [0.15, 0.2) is 16.6 Å². The highest BCUT2D eigenvalue weighted by atomic mass is 79.9. The van der Waals surface area contributed by atoms with Gasteiger partial charge in [0.2, 0.25) is 0 Å². The zero-order valence-corrected chi connectivity index (χ0v) is 10.1. The molecule has 0 fully saturated rings. The molecule has 2 nitrogen and oxygen atoms in total. The molecule has 2 N–H and O–H groups in total. The first-order valence-corrected chi connectivity index (χ1v) is 5.09. The standard InChI is InChI=1S/C9H10BrClFNO/c1-9(2,14-13)7-5(10)3-4-6(11)8(7)12/h3-4H,13H2,1-2H3. The molecule has 0 heterocycles. The second kappa shape index (κ2) is 4.14. The van der Waals surface area contributed by atoms with Crippen molar-refractivity contribution in [2.75, 3.05) is 0 Å². The fourth-order valence-electron chi connectivity index (χ4n) is 1.14.